The van der Waals surface area contributed by atoms with Gasteiger partial charge in [-0.3, -0.25) is 4.98 Å². The average Bonchev–Trinajstić information content (AvgIpc) is 3.17. The van der Waals surface area contributed by atoms with Crippen LogP contribution in [0, 0.1) is 5.41 Å². The molecule has 2 amide bonds. The molecule has 22 heavy (non-hydrogen) atoms. The highest BCUT2D eigenvalue weighted by Gasteiger charge is 2.54. The Morgan fingerprint density at radius 1 is 1.45 bits per heavy atom. The Bertz CT molecular complexity index is 541. The molecule has 6 heteroatoms. The fourth-order valence-corrected chi connectivity index (χ4v) is 3.10. The van der Waals surface area contributed by atoms with Crippen molar-refractivity contribution >= 4 is 11.7 Å². The van der Waals surface area contributed by atoms with Gasteiger partial charge in [-0.1, -0.05) is 0 Å². The molecule has 1 aliphatic carbocycles. The normalized spacial score (nSPS) is 22.2. The topological polar surface area (TPSA) is 66.5 Å². The lowest BCUT2D eigenvalue weighted by atomic mass is 9.96. The SMILES string of the molecule is CN(C)c1ccnc(CNC(=O)NC2CC23CCOCC3)c1. The minimum absolute atomic E-state index is 0.106. The Labute approximate surface area is 131 Å². The molecule has 1 unspecified atom stereocenters. The van der Waals surface area contributed by atoms with Gasteiger partial charge in [-0.25, -0.2) is 4.79 Å². The number of anilines is 1. The fourth-order valence-electron chi connectivity index (χ4n) is 3.10. The smallest absolute Gasteiger partial charge is 0.315 e. The van der Waals surface area contributed by atoms with E-state index < -0.39 is 0 Å². The lowest BCUT2D eigenvalue weighted by Gasteiger charge is -2.22. The molecule has 1 aliphatic heterocycles. The maximum Gasteiger partial charge on any atom is 0.315 e. The summed E-state index contributed by atoms with van der Waals surface area (Å²) < 4.78 is 5.39. The zero-order chi connectivity index (χ0) is 15.6. The second-order valence-electron chi connectivity index (χ2n) is 6.46. The van der Waals surface area contributed by atoms with Crippen LogP contribution in [0.15, 0.2) is 18.3 Å². The van der Waals surface area contributed by atoms with Crippen LogP contribution >= 0.6 is 0 Å². The molecule has 120 valence electrons. The van der Waals surface area contributed by atoms with Gasteiger partial charge in [0.1, 0.15) is 0 Å². The van der Waals surface area contributed by atoms with Gasteiger partial charge in [0, 0.05) is 45.2 Å². The number of nitrogens with zero attached hydrogens (tertiary/aromatic N) is 2. The summed E-state index contributed by atoms with van der Waals surface area (Å²) in [6.07, 6.45) is 4.97. The lowest BCUT2D eigenvalue weighted by molar-refractivity contribution is 0.0547. The molecule has 1 aromatic rings. The average molecular weight is 304 g/mol. The van der Waals surface area contributed by atoms with Crippen molar-refractivity contribution in [2.75, 3.05) is 32.2 Å². The summed E-state index contributed by atoms with van der Waals surface area (Å²) in [6, 6.07) is 4.13. The maximum absolute atomic E-state index is 12.0. The molecule has 1 saturated heterocycles. The molecule has 6 nitrogen and oxygen atoms in total. The number of carbonyl (C=O) groups excluding carboxylic acids is 1. The van der Waals surface area contributed by atoms with Gasteiger partial charge < -0.3 is 20.3 Å². The van der Waals surface area contributed by atoms with Gasteiger partial charge in [0.2, 0.25) is 0 Å². The highest BCUT2D eigenvalue weighted by atomic mass is 16.5. The minimum Gasteiger partial charge on any atom is -0.381 e. The molecule has 0 radical (unpaired) electrons. The molecule has 1 aromatic heterocycles. The number of hydrogen-bond donors (Lipinski definition) is 2. The quantitative estimate of drug-likeness (QED) is 0.885. The lowest BCUT2D eigenvalue weighted by Crippen LogP contribution is -2.39. The molecule has 0 bridgehead atoms. The third-order valence-corrected chi connectivity index (χ3v) is 4.73. The van der Waals surface area contributed by atoms with Crippen LogP contribution in [0.2, 0.25) is 0 Å². The molecule has 1 saturated carbocycles. The molecule has 1 atom stereocenters. The highest BCUT2D eigenvalue weighted by Crippen LogP contribution is 2.53. The van der Waals surface area contributed by atoms with Gasteiger partial charge in [-0.15, -0.1) is 0 Å². The van der Waals surface area contributed by atoms with Crippen molar-refractivity contribution in [3.8, 4) is 0 Å². The van der Waals surface area contributed by atoms with E-state index in [2.05, 4.69) is 15.6 Å². The third kappa shape index (κ3) is 3.32. The van der Waals surface area contributed by atoms with Crippen molar-refractivity contribution in [1.29, 1.82) is 0 Å². The van der Waals surface area contributed by atoms with Crippen LogP contribution in [-0.4, -0.2) is 44.4 Å². The second-order valence-corrected chi connectivity index (χ2v) is 6.46. The first-order valence-electron chi connectivity index (χ1n) is 7.83. The third-order valence-electron chi connectivity index (χ3n) is 4.73. The fraction of sp³-hybridized carbons (Fsp3) is 0.625. The van der Waals surface area contributed by atoms with E-state index in [1.165, 1.54) is 0 Å². The number of aromatic nitrogens is 1. The van der Waals surface area contributed by atoms with E-state index in [4.69, 9.17) is 4.74 Å². The number of hydrogen-bond acceptors (Lipinski definition) is 4. The number of nitrogens with one attached hydrogen (secondary N) is 2. The predicted molar refractivity (Wildman–Crippen MR) is 84.8 cm³/mol. The molecule has 2 fully saturated rings. The van der Waals surface area contributed by atoms with Gasteiger partial charge in [0.15, 0.2) is 0 Å². The number of amides is 2. The first kappa shape index (κ1) is 15.1. The van der Waals surface area contributed by atoms with Crippen molar-refractivity contribution in [1.82, 2.24) is 15.6 Å². The maximum atomic E-state index is 12.0. The summed E-state index contributed by atoms with van der Waals surface area (Å²) >= 11 is 0. The molecular weight excluding hydrogens is 280 g/mol. The van der Waals surface area contributed by atoms with Crippen LogP contribution in [0.3, 0.4) is 0 Å². The van der Waals surface area contributed by atoms with Crippen LogP contribution in [0.5, 0.6) is 0 Å². The Hall–Kier alpha value is -1.82. The van der Waals surface area contributed by atoms with Gasteiger partial charge >= 0.3 is 6.03 Å². The molecule has 0 aromatic carbocycles. The van der Waals surface area contributed by atoms with Crippen molar-refractivity contribution in [2.45, 2.75) is 31.8 Å². The molecule has 2 heterocycles. The number of urea groups is 1. The van der Waals surface area contributed by atoms with Gasteiger partial charge in [-0.2, -0.15) is 0 Å². The Balaban J connectivity index is 1.46. The zero-order valence-electron chi connectivity index (χ0n) is 13.3. The summed E-state index contributed by atoms with van der Waals surface area (Å²) in [7, 11) is 3.97. The Kier molecular flexibility index (Phi) is 4.20. The summed E-state index contributed by atoms with van der Waals surface area (Å²) in [5.41, 5.74) is 2.24. The summed E-state index contributed by atoms with van der Waals surface area (Å²) in [6.45, 7) is 2.08. The monoisotopic (exact) mass is 304 g/mol. The molecule has 2 N–H and O–H groups in total. The van der Waals surface area contributed by atoms with Crippen LogP contribution < -0.4 is 15.5 Å². The second kappa shape index (κ2) is 6.12. The molecular formula is C16H24N4O2. The van der Waals surface area contributed by atoms with Gasteiger partial charge in [0.25, 0.3) is 0 Å². The van der Waals surface area contributed by atoms with E-state index in [-0.39, 0.29) is 6.03 Å². The van der Waals surface area contributed by atoms with Crippen molar-refractivity contribution in [3.05, 3.63) is 24.0 Å². The first-order chi connectivity index (χ1) is 10.6. The Morgan fingerprint density at radius 2 is 2.23 bits per heavy atom. The predicted octanol–water partition coefficient (Wildman–Crippen LogP) is 1.52. The summed E-state index contributed by atoms with van der Waals surface area (Å²) in [4.78, 5) is 18.3. The number of pyridine rings is 1. The highest BCUT2D eigenvalue weighted by molar-refractivity contribution is 5.74. The van der Waals surface area contributed by atoms with Gasteiger partial charge in [-0.05, 0) is 36.8 Å². The minimum atomic E-state index is -0.106. The van der Waals surface area contributed by atoms with Crippen molar-refractivity contribution in [2.24, 2.45) is 5.41 Å². The van der Waals surface area contributed by atoms with E-state index in [1.807, 2.05) is 31.1 Å². The Morgan fingerprint density at radius 3 is 2.95 bits per heavy atom. The van der Waals surface area contributed by atoms with Crippen LogP contribution in [0.1, 0.15) is 25.0 Å². The van der Waals surface area contributed by atoms with Crippen molar-refractivity contribution < 1.29 is 9.53 Å². The largest absolute Gasteiger partial charge is 0.381 e. The first-order valence-corrected chi connectivity index (χ1v) is 7.83. The number of ether oxygens (including phenoxy) is 1. The van der Waals surface area contributed by atoms with Crippen LogP contribution in [-0.2, 0) is 11.3 Å². The summed E-state index contributed by atoms with van der Waals surface area (Å²) in [5.74, 6) is 0. The molecule has 1 spiro atoms. The van der Waals surface area contributed by atoms with E-state index in [1.54, 1.807) is 6.20 Å². The van der Waals surface area contributed by atoms with E-state index >= 15 is 0 Å². The molecule has 2 aliphatic rings. The van der Waals surface area contributed by atoms with Crippen molar-refractivity contribution in [3.63, 3.8) is 0 Å². The zero-order valence-corrected chi connectivity index (χ0v) is 13.3. The van der Waals surface area contributed by atoms with Gasteiger partial charge in [0.05, 0.1) is 12.2 Å². The standard InChI is InChI=1S/C16H24N4O2/c1-20(2)13-3-6-17-12(9-13)11-18-15(21)19-14-10-16(14)4-7-22-8-5-16/h3,6,9,14H,4-5,7-8,10-11H2,1-2H3,(H2,18,19,21). The van der Waals surface area contributed by atoms with Crippen LogP contribution in [0.25, 0.3) is 0 Å². The van der Waals surface area contributed by atoms with E-state index in [0.717, 1.165) is 43.9 Å². The van der Waals surface area contributed by atoms with E-state index in [9.17, 15) is 4.79 Å². The number of rotatable bonds is 4. The summed E-state index contributed by atoms with van der Waals surface area (Å²) in [5, 5.41) is 5.97. The van der Waals surface area contributed by atoms with E-state index in [0.29, 0.717) is 18.0 Å². The van der Waals surface area contributed by atoms with Crippen LogP contribution in [0.4, 0.5) is 10.5 Å². The molecule has 3 rings (SSSR count). The number of carbonyl (C=O) groups is 1.